The minimum absolute atomic E-state index is 0.109. The van der Waals surface area contributed by atoms with Crippen molar-refractivity contribution >= 4 is 29.1 Å². The van der Waals surface area contributed by atoms with Gasteiger partial charge in [-0.15, -0.1) is 11.8 Å². The summed E-state index contributed by atoms with van der Waals surface area (Å²) in [6.45, 7) is 1.55. The maximum Gasteiger partial charge on any atom is 0.234 e. The highest BCUT2D eigenvalue weighted by Gasteiger charge is 2.20. The first kappa shape index (κ1) is 17.2. The van der Waals surface area contributed by atoms with Crippen molar-refractivity contribution in [3.63, 3.8) is 0 Å². The number of thioether (sulfide) groups is 1. The van der Waals surface area contributed by atoms with Gasteiger partial charge in [0.15, 0.2) is 17.3 Å². The van der Waals surface area contributed by atoms with Crippen LogP contribution in [0.4, 0.5) is 5.69 Å². The van der Waals surface area contributed by atoms with Crippen LogP contribution in [-0.4, -0.2) is 31.3 Å². The van der Waals surface area contributed by atoms with Crippen LogP contribution in [-0.2, 0) is 4.79 Å². The van der Waals surface area contributed by atoms with Crippen molar-refractivity contribution in [3.8, 4) is 17.2 Å². The molecule has 130 valence electrons. The highest BCUT2D eigenvalue weighted by molar-refractivity contribution is 8.00. The molecule has 1 heterocycles. The third-order valence-electron chi connectivity index (χ3n) is 3.60. The number of fused-ring (bicyclic) bond motifs is 1. The van der Waals surface area contributed by atoms with Crippen molar-refractivity contribution in [3.05, 3.63) is 42.0 Å². The number of Topliss-reactive ketones (excluding diaryl/α,β-unsaturated/α-hetero) is 1. The van der Waals surface area contributed by atoms with Gasteiger partial charge in [0.2, 0.25) is 12.7 Å². The second kappa shape index (κ2) is 7.48. The number of ketones is 1. The number of carbonyl (C=O) groups is 2. The van der Waals surface area contributed by atoms with E-state index in [-0.39, 0.29) is 24.2 Å². The fraction of sp³-hybridized carbons (Fsp3) is 0.222. The number of rotatable bonds is 6. The Labute approximate surface area is 149 Å². The summed E-state index contributed by atoms with van der Waals surface area (Å²) >= 11 is 1.40. The molecule has 0 saturated carbocycles. The van der Waals surface area contributed by atoms with Crippen molar-refractivity contribution in [2.75, 3.05) is 25.0 Å². The van der Waals surface area contributed by atoms with Crippen molar-refractivity contribution in [1.82, 2.24) is 0 Å². The standard InChI is InChI=1S/C18H17NO5S/c1-11(20)14-7-16-17(24-10-23-16)8-15(14)19-18(21)9-25-13-5-3-12(22-2)4-6-13/h3-8H,9-10H2,1-2H3,(H,19,21). The van der Waals surface area contributed by atoms with Gasteiger partial charge in [-0.3, -0.25) is 9.59 Å². The fourth-order valence-corrected chi connectivity index (χ4v) is 3.04. The Balaban J connectivity index is 1.67. The van der Waals surface area contributed by atoms with Crippen molar-refractivity contribution in [1.29, 1.82) is 0 Å². The number of nitrogens with one attached hydrogen (secondary N) is 1. The van der Waals surface area contributed by atoms with E-state index in [1.54, 1.807) is 19.2 Å². The molecule has 0 unspecified atom stereocenters. The van der Waals surface area contributed by atoms with Crippen molar-refractivity contribution < 1.29 is 23.8 Å². The Morgan fingerprint density at radius 2 is 1.84 bits per heavy atom. The number of anilines is 1. The molecule has 0 radical (unpaired) electrons. The van der Waals surface area contributed by atoms with Crippen LogP contribution in [0.2, 0.25) is 0 Å². The van der Waals surface area contributed by atoms with E-state index in [0.717, 1.165) is 10.6 Å². The molecule has 3 rings (SSSR count). The summed E-state index contributed by atoms with van der Waals surface area (Å²) in [6.07, 6.45) is 0. The zero-order valence-electron chi connectivity index (χ0n) is 13.8. The Morgan fingerprint density at radius 1 is 1.16 bits per heavy atom. The molecule has 0 aromatic heterocycles. The van der Waals surface area contributed by atoms with Gasteiger partial charge in [0, 0.05) is 16.5 Å². The summed E-state index contributed by atoms with van der Waals surface area (Å²) in [5.74, 6) is 1.65. The molecule has 0 aliphatic carbocycles. The van der Waals surface area contributed by atoms with Crippen LogP contribution in [0.15, 0.2) is 41.3 Å². The van der Waals surface area contributed by atoms with Gasteiger partial charge in [-0.1, -0.05) is 0 Å². The van der Waals surface area contributed by atoms with E-state index < -0.39 is 0 Å². The first-order valence-corrected chi connectivity index (χ1v) is 8.56. The highest BCUT2D eigenvalue weighted by atomic mass is 32.2. The van der Waals surface area contributed by atoms with Crippen LogP contribution in [0.25, 0.3) is 0 Å². The third kappa shape index (κ3) is 4.06. The number of carbonyl (C=O) groups excluding carboxylic acids is 2. The molecular formula is C18H17NO5S. The third-order valence-corrected chi connectivity index (χ3v) is 4.61. The Morgan fingerprint density at radius 3 is 2.48 bits per heavy atom. The van der Waals surface area contributed by atoms with Gasteiger partial charge < -0.3 is 19.5 Å². The van der Waals surface area contributed by atoms with E-state index in [4.69, 9.17) is 14.2 Å². The van der Waals surface area contributed by atoms with Gasteiger partial charge in [-0.2, -0.15) is 0 Å². The molecule has 25 heavy (non-hydrogen) atoms. The van der Waals surface area contributed by atoms with Gasteiger partial charge in [-0.05, 0) is 37.3 Å². The predicted molar refractivity (Wildman–Crippen MR) is 94.9 cm³/mol. The number of methoxy groups -OCH3 is 1. The van der Waals surface area contributed by atoms with E-state index in [2.05, 4.69) is 5.32 Å². The fourth-order valence-electron chi connectivity index (χ4n) is 2.34. The number of hydrogen-bond acceptors (Lipinski definition) is 6. The lowest BCUT2D eigenvalue weighted by Gasteiger charge is -2.10. The SMILES string of the molecule is COc1ccc(SCC(=O)Nc2cc3c(cc2C(C)=O)OCO3)cc1. The zero-order chi connectivity index (χ0) is 17.8. The summed E-state index contributed by atoms with van der Waals surface area (Å²) < 4.78 is 15.7. The monoisotopic (exact) mass is 359 g/mol. The van der Waals surface area contributed by atoms with Gasteiger partial charge in [-0.25, -0.2) is 0 Å². The van der Waals surface area contributed by atoms with Crippen LogP contribution < -0.4 is 19.5 Å². The van der Waals surface area contributed by atoms with E-state index >= 15 is 0 Å². The first-order valence-electron chi connectivity index (χ1n) is 7.58. The highest BCUT2D eigenvalue weighted by Crippen LogP contribution is 2.37. The predicted octanol–water partition coefficient (Wildman–Crippen LogP) is 3.36. The van der Waals surface area contributed by atoms with Crippen LogP contribution in [0.3, 0.4) is 0 Å². The number of hydrogen-bond donors (Lipinski definition) is 1. The molecular weight excluding hydrogens is 342 g/mol. The largest absolute Gasteiger partial charge is 0.497 e. The molecule has 1 aliphatic rings. The topological polar surface area (TPSA) is 73.9 Å². The molecule has 2 aromatic rings. The summed E-state index contributed by atoms with van der Waals surface area (Å²) in [5, 5.41) is 2.77. The lowest BCUT2D eigenvalue weighted by atomic mass is 10.1. The summed E-state index contributed by atoms with van der Waals surface area (Å²) in [6, 6.07) is 10.7. The van der Waals surface area contributed by atoms with E-state index in [1.807, 2.05) is 24.3 Å². The minimum Gasteiger partial charge on any atom is -0.497 e. The molecule has 0 saturated heterocycles. The molecule has 0 atom stereocenters. The number of ether oxygens (including phenoxy) is 3. The second-order valence-corrected chi connectivity index (χ2v) is 6.37. The smallest absolute Gasteiger partial charge is 0.234 e. The van der Waals surface area contributed by atoms with Crippen molar-refractivity contribution in [2.45, 2.75) is 11.8 Å². The van der Waals surface area contributed by atoms with Gasteiger partial charge in [0.1, 0.15) is 5.75 Å². The lowest BCUT2D eigenvalue weighted by molar-refractivity contribution is -0.113. The second-order valence-electron chi connectivity index (χ2n) is 5.32. The Kier molecular flexibility index (Phi) is 5.14. The first-order chi connectivity index (χ1) is 12.1. The summed E-state index contributed by atoms with van der Waals surface area (Å²) in [5.41, 5.74) is 0.823. The summed E-state index contributed by atoms with van der Waals surface area (Å²) in [7, 11) is 1.60. The maximum absolute atomic E-state index is 12.2. The minimum atomic E-state index is -0.206. The molecule has 0 bridgehead atoms. The molecule has 0 fully saturated rings. The lowest BCUT2D eigenvalue weighted by Crippen LogP contribution is -2.16. The Hall–Kier alpha value is -2.67. The number of amides is 1. The van der Waals surface area contributed by atoms with Gasteiger partial charge in [0.25, 0.3) is 0 Å². The van der Waals surface area contributed by atoms with E-state index in [0.29, 0.717) is 22.7 Å². The summed E-state index contributed by atoms with van der Waals surface area (Å²) in [4.78, 5) is 25.0. The molecule has 0 spiro atoms. The maximum atomic E-state index is 12.2. The Bertz CT molecular complexity index is 804. The molecule has 6 nitrogen and oxygen atoms in total. The van der Waals surface area contributed by atoms with Crippen LogP contribution in [0.1, 0.15) is 17.3 Å². The molecule has 1 amide bonds. The van der Waals surface area contributed by atoms with Gasteiger partial charge >= 0.3 is 0 Å². The van der Waals surface area contributed by atoms with E-state index in [9.17, 15) is 9.59 Å². The molecule has 1 aliphatic heterocycles. The van der Waals surface area contributed by atoms with Gasteiger partial charge in [0.05, 0.1) is 18.6 Å². The number of benzene rings is 2. The van der Waals surface area contributed by atoms with E-state index in [1.165, 1.54) is 18.7 Å². The molecule has 1 N–H and O–H groups in total. The molecule has 7 heteroatoms. The average molecular weight is 359 g/mol. The normalized spacial score (nSPS) is 11.9. The average Bonchev–Trinajstić information content (AvgIpc) is 3.07. The van der Waals surface area contributed by atoms with Crippen molar-refractivity contribution in [2.24, 2.45) is 0 Å². The quantitative estimate of drug-likeness (QED) is 0.630. The van der Waals surface area contributed by atoms with Crippen LogP contribution >= 0.6 is 11.8 Å². The van der Waals surface area contributed by atoms with Crippen LogP contribution in [0.5, 0.6) is 17.2 Å². The van der Waals surface area contributed by atoms with Crippen LogP contribution in [0, 0.1) is 0 Å². The zero-order valence-corrected chi connectivity index (χ0v) is 14.6. The molecule has 2 aromatic carbocycles.